The summed E-state index contributed by atoms with van der Waals surface area (Å²) in [6.45, 7) is 5.08. The smallest absolute Gasteiger partial charge is 0.107 e. The molecule has 0 aromatic carbocycles. The predicted octanol–water partition coefficient (Wildman–Crippen LogP) is 1.86. The van der Waals surface area contributed by atoms with Crippen molar-refractivity contribution < 1.29 is 4.39 Å². The number of hydrogen-bond donors (Lipinski definition) is 1. The lowest BCUT2D eigenvalue weighted by molar-refractivity contribution is 0.186. The molecule has 1 nitrogen and oxygen atoms in total. The average Bonchev–Trinajstić information content (AvgIpc) is 1.62. The van der Waals surface area contributed by atoms with Crippen molar-refractivity contribution in [3.8, 4) is 0 Å². The van der Waals surface area contributed by atoms with Crippen molar-refractivity contribution in [2.45, 2.75) is 45.3 Å². The van der Waals surface area contributed by atoms with E-state index in [4.69, 9.17) is 5.73 Å². The standard InChI is InChI=1S/C7H16FN/c1-4-6(9)5-7(2,3)8/h6H,4-5,9H2,1-3H3. The van der Waals surface area contributed by atoms with Crippen molar-refractivity contribution in [3.63, 3.8) is 0 Å². The van der Waals surface area contributed by atoms with Crippen LogP contribution in [0.25, 0.3) is 0 Å². The van der Waals surface area contributed by atoms with Crippen LogP contribution in [-0.2, 0) is 0 Å². The monoisotopic (exact) mass is 133 g/mol. The Kier molecular flexibility index (Phi) is 3.12. The van der Waals surface area contributed by atoms with E-state index in [-0.39, 0.29) is 6.04 Å². The maximum absolute atomic E-state index is 12.7. The van der Waals surface area contributed by atoms with Gasteiger partial charge in [0, 0.05) is 6.04 Å². The Morgan fingerprint density at radius 2 is 2.00 bits per heavy atom. The maximum Gasteiger partial charge on any atom is 0.107 e. The molecule has 0 aliphatic carbocycles. The van der Waals surface area contributed by atoms with Gasteiger partial charge < -0.3 is 5.73 Å². The van der Waals surface area contributed by atoms with Crippen molar-refractivity contribution in [1.29, 1.82) is 0 Å². The summed E-state index contributed by atoms with van der Waals surface area (Å²) in [7, 11) is 0. The zero-order chi connectivity index (χ0) is 7.49. The Morgan fingerprint density at radius 1 is 1.56 bits per heavy atom. The quantitative estimate of drug-likeness (QED) is 0.624. The molecule has 9 heavy (non-hydrogen) atoms. The van der Waals surface area contributed by atoms with Crippen LogP contribution in [0.15, 0.2) is 0 Å². The Bertz CT molecular complexity index is 75.5. The van der Waals surface area contributed by atoms with Crippen molar-refractivity contribution in [2.75, 3.05) is 0 Å². The molecular weight excluding hydrogens is 117 g/mol. The largest absolute Gasteiger partial charge is 0.328 e. The third-order valence-corrected chi connectivity index (χ3v) is 1.27. The van der Waals surface area contributed by atoms with Crippen LogP contribution in [-0.4, -0.2) is 11.7 Å². The highest BCUT2D eigenvalue weighted by Gasteiger charge is 2.18. The minimum atomic E-state index is -1.10. The second kappa shape index (κ2) is 3.16. The summed E-state index contributed by atoms with van der Waals surface area (Å²) in [6, 6.07) is 0.0185. The van der Waals surface area contributed by atoms with E-state index in [1.807, 2.05) is 6.92 Å². The molecule has 2 heteroatoms. The zero-order valence-electron chi connectivity index (χ0n) is 6.45. The molecule has 0 bridgehead atoms. The normalized spacial score (nSPS) is 15.7. The van der Waals surface area contributed by atoms with Gasteiger partial charge in [-0.25, -0.2) is 4.39 Å². The van der Waals surface area contributed by atoms with Crippen LogP contribution in [0.1, 0.15) is 33.6 Å². The molecule has 0 saturated carbocycles. The van der Waals surface area contributed by atoms with Gasteiger partial charge in [-0.05, 0) is 26.7 Å². The molecule has 0 heterocycles. The van der Waals surface area contributed by atoms with Gasteiger partial charge >= 0.3 is 0 Å². The van der Waals surface area contributed by atoms with Gasteiger partial charge in [0.05, 0.1) is 0 Å². The van der Waals surface area contributed by atoms with Crippen molar-refractivity contribution in [1.82, 2.24) is 0 Å². The molecule has 56 valence electrons. The van der Waals surface area contributed by atoms with Crippen molar-refractivity contribution >= 4 is 0 Å². The van der Waals surface area contributed by atoms with Gasteiger partial charge in [0.15, 0.2) is 0 Å². The summed E-state index contributed by atoms with van der Waals surface area (Å²) in [5.41, 5.74) is 4.42. The molecule has 0 amide bonds. The summed E-state index contributed by atoms with van der Waals surface area (Å²) in [6.07, 6.45) is 1.32. The molecule has 0 aromatic rings. The molecule has 0 aromatic heterocycles. The highest BCUT2D eigenvalue weighted by molar-refractivity contribution is 4.72. The lowest BCUT2D eigenvalue weighted by atomic mass is 10.0. The van der Waals surface area contributed by atoms with E-state index in [9.17, 15) is 4.39 Å². The third-order valence-electron chi connectivity index (χ3n) is 1.27. The molecule has 2 N–H and O–H groups in total. The number of rotatable bonds is 3. The third kappa shape index (κ3) is 5.77. The van der Waals surface area contributed by atoms with Gasteiger partial charge in [0.2, 0.25) is 0 Å². The summed E-state index contributed by atoms with van der Waals surface area (Å²) >= 11 is 0. The molecule has 1 atom stereocenters. The lowest BCUT2D eigenvalue weighted by Crippen LogP contribution is -2.28. The van der Waals surface area contributed by atoms with E-state index in [0.29, 0.717) is 6.42 Å². The minimum absolute atomic E-state index is 0.0185. The first-order valence-electron chi connectivity index (χ1n) is 3.40. The lowest BCUT2D eigenvalue weighted by Gasteiger charge is -2.17. The molecule has 0 aliphatic heterocycles. The number of hydrogen-bond acceptors (Lipinski definition) is 1. The summed E-state index contributed by atoms with van der Waals surface area (Å²) in [5.74, 6) is 0. The summed E-state index contributed by atoms with van der Waals surface area (Å²) < 4.78 is 12.7. The fourth-order valence-corrected chi connectivity index (χ4v) is 0.768. The van der Waals surface area contributed by atoms with Gasteiger partial charge in [-0.2, -0.15) is 0 Å². The average molecular weight is 133 g/mol. The van der Waals surface area contributed by atoms with Crippen LogP contribution in [0.2, 0.25) is 0 Å². The molecule has 0 rings (SSSR count). The van der Waals surface area contributed by atoms with Gasteiger partial charge in [-0.1, -0.05) is 6.92 Å². The fraction of sp³-hybridized carbons (Fsp3) is 1.00. The van der Waals surface area contributed by atoms with Gasteiger partial charge in [0.1, 0.15) is 5.67 Å². The van der Waals surface area contributed by atoms with E-state index in [1.54, 1.807) is 13.8 Å². The SMILES string of the molecule is CCC(N)CC(C)(C)F. The van der Waals surface area contributed by atoms with E-state index >= 15 is 0 Å². The highest BCUT2D eigenvalue weighted by atomic mass is 19.1. The first-order chi connectivity index (χ1) is 3.95. The first-order valence-corrected chi connectivity index (χ1v) is 3.40. The number of alkyl halides is 1. The molecule has 0 spiro atoms. The topological polar surface area (TPSA) is 26.0 Å². The number of nitrogens with two attached hydrogens (primary N) is 1. The Hall–Kier alpha value is -0.110. The second-order valence-electron chi connectivity index (χ2n) is 3.09. The Balaban J connectivity index is 3.47. The predicted molar refractivity (Wildman–Crippen MR) is 38.1 cm³/mol. The number of halogens is 1. The minimum Gasteiger partial charge on any atom is -0.328 e. The summed E-state index contributed by atoms with van der Waals surface area (Å²) in [4.78, 5) is 0. The molecule has 0 saturated heterocycles. The Labute approximate surface area is 56.4 Å². The van der Waals surface area contributed by atoms with E-state index in [0.717, 1.165) is 6.42 Å². The second-order valence-corrected chi connectivity index (χ2v) is 3.09. The molecule has 1 unspecified atom stereocenters. The van der Waals surface area contributed by atoms with Crippen molar-refractivity contribution in [3.05, 3.63) is 0 Å². The first kappa shape index (κ1) is 8.89. The van der Waals surface area contributed by atoms with E-state index in [1.165, 1.54) is 0 Å². The molecule has 0 radical (unpaired) electrons. The van der Waals surface area contributed by atoms with E-state index < -0.39 is 5.67 Å². The van der Waals surface area contributed by atoms with Crippen molar-refractivity contribution in [2.24, 2.45) is 5.73 Å². The van der Waals surface area contributed by atoms with Gasteiger partial charge in [-0.3, -0.25) is 0 Å². The maximum atomic E-state index is 12.7. The molecule has 0 aliphatic rings. The van der Waals surface area contributed by atoms with E-state index in [2.05, 4.69) is 0 Å². The van der Waals surface area contributed by atoms with Crippen LogP contribution in [0.4, 0.5) is 4.39 Å². The highest BCUT2D eigenvalue weighted by Crippen LogP contribution is 2.15. The fourth-order valence-electron chi connectivity index (χ4n) is 0.768. The van der Waals surface area contributed by atoms with Crippen LogP contribution < -0.4 is 5.73 Å². The van der Waals surface area contributed by atoms with Gasteiger partial charge in [0.25, 0.3) is 0 Å². The Morgan fingerprint density at radius 3 is 2.11 bits per heavy atom. The van der Waals surface area contributed by atoms with Crippen LogP contribution in [0, 0.1) is 0 Å². The van der Waals surface area contributed by atoms with Crippen LogP contribution in [0.5, 0.6) is 0 Å². The van der Waals surface area contributed by atoms with Crippen LogP contribution >= 0.6 is 0 Å². The zero-order valence-corrected chi connectivity index (χ0v) is 6.45. The van der Waals surface area contributed by atoms with Gasteiger partial charge in [-0.15, -0.1) is 0 Å². The summed E-state index contributed by atoms with van der Waals surface area (Å²) in [5, 5.41) is 0. The molecular formula is C7H16FN. The van der Waals surface area contributed by atoms with Crippen LogP contribution in [0.3, 0.4) is 0 Å². The molecule has 0 fully saturated rings.